The van der Waals surface area contributed by atoms with Crippen molar-refractivity contribution in [2.24, 2.45) is 44.8 Å². The van der Waals surface area contributed by atoms with E-state index in [2.05, 4.69) is 50.0 Å². The molecule has 5 aliphatic carbocycles. The van der Waals surface area contributed by atoms with Crippen molar-refractivity contribution in [3.63, 3.8) is 0 Å². The Bertz CT molecular complexity index is 1740. The van der Waals surface area contributed by atoms with E-state index in [-0.39, 0.29) is 31.4 Å². The minimum Gasteiger partial charge on any atom is -0.462 e. The topological polar surface area (TPSA) is 113 Å². The van der Waals surface area contributed by atoms with Gasteiger partial charge in [0.2, 0.25) is 0 Å². The third-order valence-electron chi connectivity index (χ3n) is 17.7. The molecule has 7 heteroatoms. The number of rotatable bonds is 12. The van der Waals surface area contributed by atoms with Gasteiger partial charge in [-0.25, -0.2) is 4.79 Å². The first-order chi connectivity index (χ1) is 27.3. The highest BCUT2D eigenvalue weighted by Crippen LogP contribution is 2.74. The number of carbonyl (C=O) groups excluding carboxylic acids is 2. The lowest BCUT2D eigenvalue weighted by molar-refractivity contribution is -0.338. The predicted molar refractivity (Wildman–Crippen MR) is 220 cm³/mol. The zero-order valence-electron chi connectivity index (χ0n) is 35.2. The number of aryl methyl sites for hydroxylation is 1. The predicted octanol–water partition coefficient (Wildman–Crippen LogP) is 9.19. The maximum Gasteiger partial charge on any atom is 0.331 e. The van der Waals surface area contributed by atoms with Crippen LogP contribution >= 0.6 is 0 Å². The second-order valence-corrected chi connectivity index (χ2v) is 21.0. The molecule has 3 N–H and O–H groups in total. The van der Waals surface area contributed by atoms with E-state index in [0.717, 1.165) is 50.5 Å². The summed E-state index contributed by atoms with van der Waals surface area (Å²) in [4.78, 5) is 25.9. The minimum absolute atomic E-state index is 0.182. The summed E-state index contributed by atoms with van der Waals surface area (Å²) in [5.74, 6) is 6.28. The first kappa shape index (κ1) is 41.1. The molecule has 7 aliphatic rings. The van der Waals surface area contributed by atoms with E-state index < -0.39 is 46.1 Å². The summed E-state index contributed by atoms with van der Waals surface area (Å²) in [7, 11) is 0. The number of hydrogen-bond acceptors (Lipinski definition) is 7. The molecule has 2 bridgehead atoms. The fourth-order valence-corrected chi connectivity index (χ4v) is 14.8. The fourth-order valence-electron chi connectivity index (χ4n) is 14.8. The Hall–Kier alpha value is -2.66. The second-order valence-electron chi connectivity index (χ2n) is 21.0. The Morgan fingerprint density at radius 3 is 2.44 bits per heavy atom. The molecule has 2 spiro atoms. The van der Waals surface area contributed by atoms with Gasteiger partial charge >= 0.3 is 11.9 Å². The van der Waals surface area contributed by atoms with E-state index in [1.54, 1.807) is 0 Å². The molecule has 2 aliphatic heterocycles. The first-order valence-electron chi connectivity index (χ1n) is 22.9. The standard InChI is InChI=1S/C50H70O7/c1-35(12-11-15-36-13-5-4-6-14-36)17-18-40(51)50-41(52)21-25-46(3,38-20-26-48(31-38)29-28-47(34-48)23-9-10-24-47)44(50)39-32-45(2,22-8-7-16-42(53)57-39)49(50,55)27-19-37-30-43(54)56-33-37/h4-6,13-14,30,35,38-41,44,51-52,55H,7,9-12,15-21,23-29,31-34H2,1-3H3. The smallest absolute Gasteiger partial charge is 0.331 e. The molecule has 5 fully saturated rings. The highest BCUT2D eigenvalue weighted by molar-refractivity contribution is 5.85. The number of hydrogen-bond donors (Lipinski definition) is 3. The van der Waals surface area contributed by atoms with E-state index in [9.17, 15) is 24.9 Å². The third kappa shape index (κ3) is 7.24. The number of cyclic esters (lactones) is 1. The van der Waals surface area contributed by atoms with Crippen molar-refractivity contribution in [3.05, 3.63) is 47.5 Å². The molecule has 312 valence electrons. The number of ether oxygens (including phenoxy) is 2. The van der Waals surface area contributed by atoms with Gasteiger partial charge in [0.15, 0.2) is 0 Å². The molecular weight excluding hydrogens is 713 g/mol. The SMILES string of the molecule is CC(CCCc1ccccc1)CCC(O)C12C(O)CCC(C)(C3CCC4(CCC5(CCCC5)C4)C3)C1C1CC(C)(C#CCCC(=O)O1)C2(O)CCC1=CC(=O)OC1. The molecule has 0 amide bonds. The Kier molecular flexibility index (Phi) is 11.3. The van der Waals surface area contributed by atoms with Crippen LogP contribution in [0.15, 0.2) is 42.0 Å². The van der Waals surface area contributed by atoms with Crippen molar-refractivity contribution >= 4 is 11.9 Å². The van der Waals surface area contributed by atoms with Gasteiger partial charge in [-0.15, -0.1) is 5.92 Å². The molecule has 1 aromatic rings. The van der Waals surface area contributed by atoms with Gasteiger partial charge in [-0.3, -0.25) is 4.79 Å². The van der Waals surface area contributed by atoms with Gasteiger partial charge in [-0.05, 0) is 149 Å². The number of carbonyl (C=O) groups is 2. The molecular formula is C50H70O7. The number of benzene rings is 1. The Balaban J connectivity index is 1.18. The van der Waals surface area contributed by atoms with E-state index in [4.69, 9.17) is 9.47 Å². The van der Waals surface area contributed by atoms with Crippen molar-refractivity contribution in [1.29, 1.82) is 0 Å². The molecule has 5 saturated carbocycles. The van der Waals surface area contributed by atoms with E-state index in [1.165, 1.54) is 63.0 Å². The summed E-state index contributed by atoms with van der Waals surface area (Å²) in [6, 6.07) is 10.6. The van der Waals surface area contributed by atoms with E-state index >= 15 is 0 Å². The van der Waals surface area contributed by atoms with Gasteiger partial charge in [-0.2, -0.15) is 0 Å². The van der Waals surface area contributed by atoms with Crippen LogP contribution < -0.4 is 0 Å². The lowest BCUT2D eigenvalue weighted by Gasteiger charge is -2.71. The van der Waals surface area contributed by atoms with Crippen LogP contribution in [-0.2, 0) is 25.5 Å². The number of aliphatic hydroxyl groups excluding tert-OH is 2. The maximum absolute atomic E-state index is 14.1. The fraction of sp³-hybridized carbons (Fsp3) is 0.760. The van der Waals surface area contributed by atoms with Gasteiger partial charge in [0.1, 0.15) is 12.7 Å². The van der Waals surface area contributed by atoms with Gasteiger partial charge < -0.3 is 24.8 Å². The largest absolute Gasteiger partial charge is 0.462 e. The molecule has 0 saturated heterocycles. The lowest BCUT2D eigenvalue weighted by atomic mass is 9.35. The second kappa shape index (κ2) is 15.7. The molecule has 0 radical (unpaired) electrons. The van der Waals surface area contributed by atoms with Crippen LogP contribution in [-0.4, -0.2) is 57.8 Å². The molecule has 11 unspecified atom stereocenters. The van der Waals surface area contributed by atoms with Crippen LogP contribution in [0, 0.1) is 56.7 Å². The summed E-state index contributed by atoms with van der Waals surface area (Å²) in [6.07, 6.45) is 18.5. The van der Waals surface area contributed by atoms with Crippen molar-refractivity contribution in [1.82, 2.24) is 0 Å². The molecule has 1 aromatic carbocycles. The Morgan fingerprint density at radius 1 is 0.912 bits per heavy atom. The van der Waals surface area contributed by atoms with Gasteiger partial charge in [0.05, 0.1) is 35.1 Å². The lowest BCUT2D eigenvalue weighted by Crippen LogP contribution is -2.79. The van der Waals surface area contributed by atoms with Crippen LogP contribution in [0.1, 0.15) is 161 Å². The van der Waals surface area contributed by atoms with Crippen LogP contribution in [0.25, 0.3) is 0 Å². The summed E-state index contributed by atoms with van der Waals surface area (Å²) in [5.41, 5.74) is -1.61. The maximum atomic E-state index is 14.1. The molecule has 2 heterocycles. The summed E-state index contributed by atoms with van der Waals surface area (Å²) < 4.78 is 11.9. The number of aliphatic hydroxyl groups is 3. The highest BCUT2D eigenvalue weighted by atomic mass is 16.5. The zero-order chi connectivity index (χ0) is 40.1. The number of fused-ring (bicyclic) bond motifs is 4. The molecule has 7 nitrogen and oxygen atoms in total. The normalized spacial score (nSPS) is 40.6. The van der Waals surface area contributed by atoms with Crippen molar-refractivity contribution in [2.45, 2.75) is 186 Å². The summed E-state index contributed by atoms with van der Waals surface area (Å²) in [6.45, 7) is 6.80. The Morgan fingerprint density at radius 2 is 1.68 bits per heavy atom. The highest BCUT2D eigenvalue weighted by Gasteiger charge is 2.78. The van der Waals surface area contributed by atoms with Crippen molar-refractivity contribution < 1.29 is 34.4 Å². The van der Waals surface area contributed by atoms with Gasteiger partial charge in [-0.1, -0.05) is 69.4 Å². The minimum atomic E-state index is -1.66. The number of esters is 2. The molecule has 0 aromatic heterocycles. The third-order valence-corrected chi connectivity index (χ3v) is 17.7. The summed E-state index contributed by atoms with van der Waals surface area (Å²) in [5, 5.41) is 40.2. The Labute approximate surface area is 342 Å². The van der Waals surface area contributed by atoms with Crippen molar-refractivity contribution in [3.8, 4) is 11.8 Å². The van der Waals surface area contributed by atoms with E-state index in [0.29, 0.717) is 54.8 Å². The quantitative estimate of drug-likeness (QED) is 0.143. The van der Waals surface area contributed by atoms with Crippen LogP contribution in [0.5, 0.6) is 0 Å². The van der Waals surface area contributed by atoms with Crippen LogP contribution in [0.2, 0.25) is 0 Å². The molecule has 57 heavy (non-hydrogen) atoms. The average molecular weight is 783 g/mol. The van der Waals surface area contributed by atoms with Crippen LogP contribution in [0.3, 0.4) is 0 Å². The van der Waals surface area contributed by atoms with Gasteiger partial charge in [0, 0.05) is 24.8 Å². The first-order valence-corrected chi connectivity index (χ1v) is 22.9. The van der Waals surface area contributed by atoms with Crippen molar-refractivity contribution in [2.75, 3.05) is 6.61 Å². The van der Waals surface area contributed by atoms with E-state index in [1.807, 2.05) is 13.0 Å². The monoisotopic (exact) mass is 783 g/mol. The van der Waals surface area contributed by atoms with Gasteiger partial charge in [0.25, 0.3) is 0 Å². The van der Waals surface area contributed by atoms with Crippen LogP contribution in [0.4, 0.5) is 0 Å². The summed E-state index contributed by atoms with van der Waals surface area (Å²) >= 11 is 0. The average Bonchev–Trinajstić information content (AvgIpc) is 4.01. The zero-order valence-corrected chi connectivity index (χ0v) is 35.2. The molecule has 8 rings (SSSR count). The molecule has 11 atom stereocenters.